The minimum atomic E-state index is -0.438. The van der Waals surface area contributed by atoms with E-state index in [1.807, 2.05) is 13.8 Å². The van der Waals surface area contributed by atoms with E-state index in [2.05, 4.69) is 5.32 Å². The highest BCUT2D eigenvalue weighted by Crippen LogP contribution is 2.24. The van der Waals surface area contributed by atoms with Gasteiger partial charge in [-0.25, -0.2) is 4.39 Å². The summed E-state index contributed by atoms with van der Waals surface area (Å²) in [5, 5.41) is 21.6. The average Bonchev–Trinajstić information content (AvgIpc) is 2.26. The first-order valence-electron chi connectivity index (χ1n) is 5.87. The van der Waals surface area contributed by atoms with Gasteiger partial charge in [-0.05, 0) is 31.9 Å². The fourth-order valence-corrected chi connectivity index (χ4v) is 1.69. The molecule has 0 bridgehead atoms. The van der Waals surface area contributed by atoms with Crippen LogP contribution < -0.4 is 5.32 Å². The van der Waals surface area contributed by atoms with Crippen molar-refractivity contribution in [3.8, 4) is 5.75 Å². The quantitative estimate of drug-likeness (QED) is 0.715. The summed E-state index contributed by atoms with van der Waals surface area (Å²) < 4.78 is 12.8. The van der Waals surface area contributed by atoms with Gasteiger partial charge in [0, 0.05) is 24.3 Å². The fraction of sp³-hybridized carbons (Fsp3) is 0.538. The second-order valence-corrected chi connectivity index (χ2v) is 4.45. The second-order valence-electron chi connectivity index (χ2n) is 4.45. The Morgan fingerprint density at radius 1 is 1.35 bits per heavy atom. The third-order valence-electron chi connectivity index (χ3n) is 2.85. The summed E-state index contributed by atoms with van der Waals surface area (Å²) in [5.74, 6) is -0.100. The lowest BCUT2D eigenvalue weighted by Crippen LogP contribution is -2.25. The number of aliphatic hydroxyl groups excluding tert-OH is 1. The van der Waals surface area contributed by atoms with Crippen LogP contribution in [-0.4, -0.2) is 23.4 Å². The minimum absolute atomic E-state index is 0.0280. The van der Waals surface area contributed by atoms with E-state index < -0.39 is 5.82 Å². The number of hydrogen-bond acceptors (Lipinski definition) is 3. The fourth-order valence-electron chi connectivity index (χ4n) is 1.69. The Balaban J connectivity index is 2.54. The van der Waals surface area contributed by atoms with E-state index in [1.54, 1.807) is 6.07 Å². The first-order chi connectivity index (χ1) is 8.04. The molecule has 0 aliphatic heterocycles. The summed E-state index contributed by atoms with van der Waals surface area (Å²) in [5.41, 5.74) is 0.683. The first kappa shape index (κ1) is 13.9. The van der Waals surface area contributed by atoms with Gasteiger partial charge in [-0.2, -0.15) is 0 Å². The molecule has 0 aliphatic rings. The van der Waals surface area contributed by atoms with Crippen LogP contribution >= 0.6 is 0 Å². The molecule has 0 saturated heterocycles. The molecule has 0 fully saturated rings. The number of phenolic OH excluding ortho intramolecular Hbond substituents is 1. The number of halogens is 1. The molecule has 0 heterocycles. The number of nitrogens with one attached hydrogen (secondary N) is 1. The topological polar surface area (TPSA) is 52.5 Å². The van der Waals surface area contributed by atoms with E-state index in [-0.39, 0.29) is 18.4 Å². The van der Waals surface area contributed by atoms with Crippen LogP contribution in [0.3, 0.4) is 0 Å². The summed E-state index contributed by atoms with van der Waals surface area (Å²) in [6.45, 7) is 4.89. The molecule has 0 spiro atoms. The van der Waals surface area contributed by atoms with Crippen molar-refractivity contribution in [3.63, 3.8) is 0 Å². The lowest BCUT2D eigenvalue weighted by Gasteiger charge is -2.18. The van der Waals surface area contributed by atoms with Crippen LogP contribution in [-0.2, 0) is 0 Å². The number of rotatable bonds is 6. The molecule has 0 amide bonds. The highest BCUT2D eigenvalue weighted by Gasteiger charge is 2.11. The zero-order valence-electron chi connectivity index (χ0n) is 10.3. The monoisotopic (exact) mass is 241 g/mol. The number of aromatic hydroxyl groups is 1. The van der Waals surface area contributed by atoms with Gasteiger partial charge < -0.3 is 15.5 Å². The third-order valence-corrected chi connectivity index (χ3v) is 2.85. The van der Waals surface area contributed by atoms with Gasteiger partial charge in [-0.15, -0.1) is 0 Å². The Bertz CT molecular complexity index is 357. The molecule has 17 heavy (non-hydrogen) atoms. The van der Waals surface area contributed by atoms with Crippen LogP contribution in [0.1, 0.15) is 31.9 Å². The van der Waals surface area contributed by atoms with Crippen LogP contribution in [0, 0.1) is 11.7 Å². The maximum Gasteiger partial charge on any atom is 0.126 e. The molecule has 3 N–H and O–H groups in total. The van der Waals surface area contributed by atoms with Crippen molar-refractivity contribution in [1.82, 2.24) is 5.32 Å². The minimum Gasteiger partial charge on any atom is -0.508 e. The molecule has 0 aliphatic carbocycles. The summed E-state index contributed by atoms with van der Waals surface area (Å²) in [4.78, 5) is 0. The smallest absolute Gasteiger partial charge is 0.126 e. The Kier molecular flexibility index (Phi) is 5.38. The van der Waals surface area contributed by atoms with Crippen LogP contribution in [0.25, 0.3) is 0 Å². The molecule has 0 radical (unpaired) electrons. The Morgan fingerprint density at radius 3 is 2.65 bits per heavy atom. The van der Waals surface area contributed by atoms with Gasteiger partial charge in [-0.3, -0.25) is 0 Å². The van der Waals surface area contributed by atoms with Crippen molar-refractivity contribution in [1.29, 1.82) is 0 Å². The third kappa shape index (κ3) is 4.32. The van der Waals surface area contributed by atoms with Gasteiger partial charge >= 0.3 is 0 Å². The second kappa shape index (κ2) is 6.57. The van der Waals surface area contributed by atoms with Gasteiger partial charge in [0.1, 0.15) is 11.6 Å². The maximum atomic E-state index is 12.8. The molecule has 1 aromatic carbocycles. The predicted molar refractivity (Wildman–Crippen MR) is 65.3 cm³/mol. The Morgan fingerprint density at radius 2 is 2.06 bits per heavy atom. The molecule has 96 valence electrons. The molecule has 2 unspecified atom stereocenters. The van der Waals surface area contributed by atoms with Crippen LogP contribution in [0.5, 0.6) is 5.75 Å². The van der Waals surface area contributed by atoms with Gasteiger partial charge in [-0.1, -0.05) is 13.0 Å². The van der Waals surface area contributed by atoms with Gasteiger partial charge in [0.25, 0.3) is 0 Å². The molecule has 0 aromatic heterocycles. The number of aliphatic hydroxyl groups is 1. The summed E-state index contributed by atoms with van der Waals surface area (Å²) in [6.07, 6.45) is 0.745. The van der Waals surface area contributed by atoms with E-state index >= 15 is 0 Å². The van der Waals surface area contributed by atoms with E-state index in [1.165, 1.54) is 6.07 Å². The van der Waals surface area contributed by atoms with E-state index in [0.717, 1.165) is 19.0 Å². The van der Waals surface area contributed by atoms with Crippen molar-refractivity contribution in [2.75, 3.05) is 13.2 Å². The molecule has 4 heteroatoms. The Labute approximate surface area is 101 Å². The lowest BCUT2D eigenvalue weighted by atomic mass is 10.0. The zero-order chi connectivity index (χ0) is 12.8. The normalized spacial score (nSPS) is 14.6. The van der Waals surface area contributed by atoms with Gasteiger partial charge in [0.2, 0.25) is 0 Å². The molecule has 0 saturated carbocycles. The highest BCUT2D eigenvalue weighted by atomic mass is 19.1. The molecular formula is C13H20FNO2. The molecule has 1 aromatic rings. The van der Waals surface area contributed by atoms with Crippen molar-refractivity contribution < 1.29 is 14.6 Å². The maximum absolute atomic E-state index is 12.8. The number of benzene rings is 1. The van der Waals surface area contributed by atoms with E-state index in [9.17, 15) is 9.50 Å². The van der Waals surface area contributed by atoms with Crippen LogP contribution in [0.15, 0.2) is 18.2 Å². The molecular weight excluding hydrogens is 221 g/mol. The first-order valence-corrected chi connectivity index (χ1v) is 5.87. The summed E-state index contributed by atoms with van der Waals surface area (Å²) in [6, 6.07) is 3.99. The number of hydrogen-bond donors (Lipinski definition) is 3. The van der Waals surface area contributed by atoms with Crippen molar-refractivity contribution in [2.45, 2.75) is 26.3 Å². The van der Waals surface area contributed by atoms with Crippen molar-refractivity contribution in [3.05, 3.63) is 29.6 Å². The van der Waals surface area contributed by atoms with Crippen LogP contribution in [0.2, 0.25) is 0 Å². The van der Waals surface area contributed by atoms with Crippen LogP contribution in [0.4, 0.5) is 4.39 Å². The lowest BCUT2D eigenvalue weighted by molar-refractivity contribution is 0.258. The summed E-state index contributed by atoms with van der Waals surface area (Å²) in [7, 11) is 0. The van der Waals surface area contributed by atoms with E-state index in [4.69, 9.17) is 5.11 Å². The SMILES string of the molecule is CC(CCO)CNC(C)c1ccc(F)cc1O. The van der Waals surface area contributed by atoms with Crippen molar-refractivity contribution >= 4 is 0 Å². The highest BCUT2D eigenvalue weighted by molar-refractivity contribution is 5.34. The standard InChI is InChI=1S/C13H20FNO2/c1-9(5-6-16)8-15-10(2)12-4-3-11(14)7-13(12)17/h3-4,7,9-10,15-17H,5-6,8H2,1-2H3. The molecule has 3 nitrogen and oxygen atoms in total. The molecule has 1 rings (SSSR count). The average molecular weight is 241 g/mol. The Hall–Kier alpha value is -1.13. The van der Waals surface area contributed by atoms with Gasteiger partial charge in [0.05, 0.1) is 0 Å². The van der Waals surface area contributed by atoms with Gasteiger partial charge in [0.15, 0.2) is 0 Å². The molecule has 2 atom stereocenters. The summed E-state index contributed by atoms with van der Waals surface area (Å²) >= 11 is 0. The zero-order valence-corrected chi connectivity index (χ0v) is 10.3. The van der Waals surface area contributed by atoms with Crippen molar-refractivity contribution in [2.24, 2.45) is 5.92 Å². The van der Waals surface area contributed by atoms with E-state index in [0.29, 0.717) is 11.5 Å². The predicted octanol–water partition coefficient (Wildman–Crippen LogP) is 2.20. The largest absolute Gasteiger partial charge is 0.508 e. The number of phenols is 1.